The molecule has 2 fully saturated rings. The second-order valence-corrected chi connectivity index (χ2v) is 19.4. The fourth-order valence-electron chi connectivity index (χ4n) is 6.63. The van der Waals surface area contributed by atoms with Crippen LogP contribution in [-0.2, 0) is 23.4 Å². The molecular weight excluding hydrogens is 625 g/mol. The fourth-order valence-corrected chi connectivity index (χ4v) is 11.2. The topological polar surface area (TPSA) is 108 Å². The molecule has 11 heteroatoms. The van der Waals surface area contributed by atoms with Crippen LogP contribution in [0.2, 0.25) is 5.04 Å². The van der Waals surface area contributed by atoms with E-state index in [1.54, 1.807) is 38.2 Å². The molecule has 3 heterocycles. The van der Waals surface area contributed by atoms with E-state index in [-0.39, 0.29) is 17.3 Å². The van der Waals surface area contributed by atoms with Crippen molar-refractivity contribution in [2.45, 2.75) is 96.2 Å². The predicted molar refractivity (Wildman–Crippen MR) is 188 cm³/mol. The summed E-state index contributed by atoms with van der Waals surface area (Å²) in [4.78, 5) is 19.7. The lowest BCUT2D eigenvalue weighted by molar-refractivity contribution is -0.190. The van der Waals surface area contributed by atoms with Gasteiger partial charge in [0, 0.05) is 25.9 Å². The maximum Gasteiger partial charge on any atom is 0.419 e. The van der Waals surface area contributed by atoms with Gasteiger partial charge >= 0.3 is 6.09 Å². The number of aliphatic imine (C=N–C) groups is 1. The van der Waals surface area contributed by atoms with E-state index in [2.05, 4.69) is 80.4 Å². The average molecular weight is 673 g/mol. The van der Waals surface area contributed by atoms with Crippen molar-refractivity contribution in [3.05, 3.63) is 78.1 Å². The molecule has 0 saturated carbocycles. The van der Waals surface area contributed by atoms with Gasteiger partial charge in [0.2, 0.25) is 0 Å². The quantitative estimate of drug-likeness (QED) is 0.165. The van der Waals surface area contributed by atoms with Gasteiger partial charge in [-0.25, -0.2) is 14.4 Å². The summed E-state index contributed by atoms with van der Waals surface area (Å²) in [6.07, 6.45) is 0.212. The maximum atomic E-state index is 13.3. The highest BCUT2D eigenvalue weighted by molar-refractivity contribution is 6.99. The Bertz CT molecular complexity index is 1630. The Morgan fingerprint density at radius 1 is 1.00 bits per heavy atom. The van der Waals surface area contributed by atoms with E-state index in [0.29, 0.717) is 11.3 Å². The molecule has 4 atom stereocenters. The molecule has 0 aliphatic carbocycles. The lowest BCUT2D eigenvalue weighted by Gasteiger charge is -2.43. The number of carbonyl (C=O) groups excluding carboxylic acids is 1. The molecule has 10 nitrogen and oxygen atoms in total. The zero-order valence-corrected chi connectivity index (χ0v) is 30.7. The first kappa shape index (κ1) is 35.5. The van der Waals surface area contributed by atoms with Crippen LogP contribution in [0.5, 0.6) is 0 Å². The largest absolute Gasteiger partial charge is 0.443 e. The van der Waals surface area contributed by atoms with Crippen LogP contribution >= 0.6 is 0 Å². The molecule has 1 unspecified atom stereocenters. The van der Waals surface area contributed by atoms with Crippen LogP contribution in [0, 0.1) is 11.3 Å². The zero-order chi connectivity index (χ0) is 35.1. The molecule has 0 radical (unpaired) electrons. The minimum absolute atomic E-state index is 0.0442. The summed E-state index contributed by atoms with van der Waals surface area (Å²) in [5, 5.41) is 12.4. The number of hydrogen-bond donors (Lipinski definition) is 0. The van der Waals surface area contributed by atoms with Gasteiger partial charge in [0.15, 0.2) is 11.5 Å². The first-order chi connectivity index (χ1) is 22.5. The van der Waals surface area contributed by atoms with Gasteiger partial charge in [-0.15, -0.1) is 0 Å². The Morgan fingerprint density at radius 3 is 2.06 bits per heavy atom. The number of hydrogen-bond acceptors (Lipinski definition) is 8. The van der Waals surface area contributed by atoms with Gasteiger partial charge in [-0.3, -0.25) is 0 Å². The zero-order valence-electron chi connectivity index (χ0n) is 29.7. The summed E-state index contributed by atoms with van der Waals surface area (Å²) in [5.74, 6) is -0.897. The SMILES string of the molecule is CN(C)/C=N/c1c(C2O[C@H](CO[Si](c3ccccc3)(c3ccccc3)C(C)(C)C)[C@H]3OC(C)(C)O[C@@H]23)cn(C(=O)OC(C)(C)C)c1C#N. The second-order valence-electron chi connectivity index (χ2n) is 15.1. The number of ether oxygens (including phenoxy) is 4. The van der Waals surface area contributed by atoms with Crippen LogP contribution < -0.4 is 10.4 Å². The lowest BCUT2D eigenvalue weighted by Crippen LogP contribution is -2.67. The fraction of sp³-hybridized carbons (Fsp3) is 0.486. The second kappa shape index (κ2) is 13.3. The molecule has 2 aliphatic heterocycles. The highest BCUT2D eigenvalue weighted by Gasteiger charge is 2.58. The average Bonchev–Trinajstić information content (AvgIpc) is 3.64. The van der Waals surface area contributed by atoms with Crippen LogP contribution in [0.25, 0.3) is 0 Å². The summed E-state index contributed by atoms with van der Waals surface area (Å²) in [7, 11) is 0.764. The third kappa shape index (κ3) is 7.00. The molecule has 1 aromatic heterocycles. The highest BCUT2D eigenvalue weighted by atomic mass is 28.4. The molecule has 2 aliphatic rings. The third-order valence-corrected chi connectivity index (χ3v) is 13.5. The van der Waals surface area contributed by atoms with Crippen molar-refractivity contribution in [3.8, 4) is 6.07 Å². The normalized spacial score (nSPS) is 22.4. The molecule has 0 bridgehead atoms. The summed E-state index contributed by atoms with van der Waals surface area (Å²) in [6.45, 7) is 16.0. The van der Waals surface area contributed by atoms with E-state index in [4.69, 9.17) is 23.4 Å². The minimum Gasteiger partial charge on any atom is -0.443 e. The first-order valence-electron chi connectivity index (χ1n) is 16.3. The third-order valence-electron chi connectivity index (χ3n) is 8.46. The van der Waals surface area contributed by atoms with Crippen molar-refractivity contribution in [1.29, 1.82) is 5.26 Å². The van der Waals surface area contributed by atoms with Crippen LogP contribution in [0.1, 0.15) is 72.8 Å². The molecular formula is C37H48N4O6Si. The monoisotopic (exact) mass is 672 g/mol. The lowest BCUT2D eigenvalue weighted by atomic mass is 10.0. The molecule has 3 aromatic rings. The van der Waals surface area contributed by atoms with Crippen molar-refractivity contribution < 1.29 is 28.2 Å². The van der Waals surface area contributed by atoms with Crippen molar-refractivity contribution in [2.24, 2.45) is 4.99 Å². The van der Waals surface area contributed by atoms with E-state index in [9.17, 15) is 10.1 Å². The van der Waals surface area contributed by atoms with E-state index in [0.717, 1.165) is 10.4 Å². The summed E-state index contributed by atoms with van der Waals surface area (Å²) in [6, 6.07) is 23.1. The smallest absolute Gasteiger partial charge is 0.419 e. The Labute approximate surface area is 285 Å². The number of rotatable bonds is 8. The highest BCUT2D eigenvalue weighted by Crippen LogP contribution is 2.49. The maximum absolute atomic E-state index is 13.3. The van der Waals surface area contributed by atoms with Gasteiger partial charge < -0.3 is 28.3 Å². The molecule has 256 valence electrons. The van der Waals surface area contributed by atoms with Gasteiger partial charge in [0.25, 0.3) is 8.32 Å². The number of carbonyl (C=O) groups is 1. The number of benzene rings is 2. The number of aromatic nitrogens is 1. The molecule has 0 N–H and O–H groups in total. The van der Waals surface area contributed by atoms with Gasteiger partial charge in [-0.2, -0.15) is 5.26 Å². The molecule has 5 rings (SSSR count). The van der Waals surface area contributed by atoms with Gasteiger partial charge in [-0.05, 0) is 50.0 Å². The molecule has 0 amide bonds. The van der Waals surface area contributed by atoms with Crippen LogP contribution in [0.15, 0.2) is 71.9 Å². The molecule has 2 aromatic carbocycles. The van der Waals surface area contributed by atoms with Crippen molar-refractivity contribution in [1.82, 2.24) is 9.47 Å². The van der Waals surface area contributed by atoms with E-state index in [1.165, 1.54) is 4.57 Å². The predicted octanol–water partition coefficient (Wildman–Crippen LogP) is 5.90. The standard InChI is InChI=1S/C37H48N4O6Si/c1-35(2,3)47-34(42)41-22-27(30(28(41)21-38)39-24-40(9)10)31-33-32(45-37(7,8)46-33)29(44-31)23-43-48(36(4,5)6,25-17-13-11-14-18-25)26-19-15-12-16-20-26/h11-20,22,24,29,31-33H,23H2,1-10H3/b39-24+/t29-,31?,32-,33+/m1/s1. The minimum atomic E-state index is -2.90. The Kier molecular flexibility index (Phi) is 9.81. The first-order valence-corrected chi connectivity index (χ1v) is 18.2. The van der Waals surface area contributed by atoms with Crippen molar-refractivity contribution in [2.75, 3.05) is 20.7 Å². The summed E-state index contributed by atoms with van der Waals surface area (Å²) >= 11 is 0. The van der Waals surface area contributed by atoms with Crippen LogP contribution in [0.3, 0.4) is 0 Å². The summed E-state index contributed by atoms with van der Waals surface area (Å²) in [5.41, 5.74) is 0.108. The Balaban J connectivity index is 1.58. The van der Waals surface area contributed by atoms with Gasteiger partial charge in [-0.1, -0.05) is 81.4 Å². The number of nitrogens with zero attached hydrogens (tertiary/aromatic N) is 4. The molecule has 48 heavy (non-hydrogen) atoms. The molecule has 2 saturated heterocycles. The molecule has 0 spiro atoms. The van der Waals surface area contributed by atoms with Crippen molar-refractivity contribution in [3.63, 3.8) is 0 Å². The van der Waals surface area contributed by atoms with Gasteiger partial charge in [0.1, 0.15) is 41.8 Å². The van der Waals surface area contributed by atoms with Crippen molar-refractivity contribution >= 4 is 36.8 Å². The van der Waals surface area contributed by atoms with Crippen LogP contribution in [0.4, 0.5) is 10.5 Å². The van der Waals surface area contributed by atoms with Crippen LogP contribution in [-0.4, -0.2) is 80.6 Å². The van der Waals surface area contributed by atoms with Gasteiger partial charge in [0.05, 0.1) is 12.9 Å². The van der Waals surface area contributed by atoms with E-state index >= 15 is 0 Å². The number of nitriles is 1. The number of fused-ring (bicyclic) bond motifs is 1. The van der Waals surface area contributed by atoms with E-state index < -0.39 is 50.2 Å². The Hall–Kier alpha value is -3.79. The van der Waals surface area contributed by atoms with E-state index in [1.807, 2.05) is 40.1 Å². The summed E-state index contributed by atoms with van der Waals surface area (Å²) < 4.78 is 33.9. The Morgan fingerprint density at radius 2 is 1.56 bits per heavy atom.